The minimum absolute atomic E-state index is 0.0779. The van der Waals surface area contributed by atoms with Gasteiger partial charge >= 0.3 is 0 Å². The van der Waals surface area contributed by atoms with E-state index in [0.29, 0.717) is 17.2 Å². The third kappa shape index (κ3) is 3.17. The van der Waals surface area contributed by atoms with E-state index in [2.05, 4.69) is 31.0 Å². The number of hydrogen-bond acceptors (Lipinski definition) is 3. The molecular weight excluding hydrogens is 250 g/mol. The molecule has 0 radical (unpaired) electrons. The van der Waals surface area contributed by atoms with Gasteiger partial charge in [0.15, 0.2) is 0 Å². The smallest absolute Gasteiger partial charge is 0.136 e. The highest BCUT2D eigenvalue weighted by Gasteiger charge is 2.12. The molecule has 2 aromatic rings. The van der Waals surface area contributed by atoms with Gasteiger partial charge in [0, 0.05) is 23.5 Å². The monoisotopic (exact) mass is 271 g/mol. The highest BCUT2D eigenvalue weighted by atomic mass is 16.5. The van der Waals surface area contributed by atoms with Gasteiger partial charge in [-0.05, 0) is 37.0 Å². The Morgan fingerprint density at radius 3 is 2.55 bits per heavy atom. The second kappa shape index (κ2) is 6.06. The van der Waals surface area contributed by atoms with Crippen LogP contribution in [0.4, 0.5) is 0 Å². The molecule has 0 aliphatic rings. The predicted molar refractivity (Wildman–Crippen MR) is 80.2 cm³/mol. The summed E-state index contributed by atoms with van der Waals surface area (Å²) < 4.78 is 6.05. The first-order chi connectivity index (χ1) is 9.51. The Balaban J connectivity index is 2.44. The SMILES string of the molecule is Cc1ccc(C(C)C)c(Oc2cc(C)ncc2CO)c1. The quantitative estimate of drug-likeness (QED) is 0.910. The maximum Gasteiger partial charge on any atom is 0.136 e. The van der Waals surface area contributed by atoms with Gasteiger partial charge in [0.1, 0.15) is 11.5 Å². The fraction of sp³-hybridized carbons (Fsp3) is 0.353. The molecular formula is C17H21NO2. The summed E-state index contributed by atoms with van der Waals surface area (Å²) in [4.78, 5) is 4.19. The standard InChI is InChI=1S/C17H21NO2/c1-11(2)15-6-5-12(3)7-17(15)20-16-8-13(4)18-9-14(16)10-19/h5-9,11,19H,10H2,1-4H3. The molecule has 106 valence electrons. The molecule has 0 saturated carbocycles. The Kier molecular flexibility index (Phi) is 4.40. The maximum atomic E-state index is 9.40. The Morgan fingerprint density at radius 1 is 1.15 bits per heavy atom. The number of aryl methyl sites for hydroxylation is 2. The van der Waals surface area contributed by atoms with Crippen LogP contribution < -0.4 is 4.74 Å². The van der Waals surface area contributed by atoms with Gasteiger partial charge in [-0.3, -0.25) is 4.98 Å². The largest absolute Gasteiger partial charge is 0.457 e. The first-order valence-corrected chi connectivity index (χ1v) is 6.86. The van der Waals surface area contributed by atoms with Crippen LogP contribution in [0, 0.1) is 13.8 Å². The molecule has 1 N–H and O–H groups in total. The molecule has 1 aromatic carbocycles. The molecule has 0 spiro atoms. The van der Waals surface area contributed by atoms with Gasteiger partial charge in [0.25, 0.3) is 0 Å². The third-order valence-electron chi connectivity index (χ3n) is 3.26. The van der Waals surface area contributed by atoms with Crippen molar-refractivity contribution < 1.29 is 9.84 Å². The molecule has 0 unspecified atom stereocenters. The van der Waals surface area contributed by atoms with E-state index in [0.717, 1.165) is 22.6 Å². The van der Waals surface area contributed by atoms with Crippen molar-refractivity contribution in [2.45, 2.75) is 40.2 Å². The summed E-state index contributed by atoms with van der Waals surface area (Å²) in [7, 11) is 0. The molecule has 0 aliphatic heterocycles. The lowest BCUT2D eigenvalue weighted by Crippen LogP contribution is -1.98. The van der Waals surface area contributed by atoms with Crippen molar-refractivity contribution in [2.75, 3.05) is 0 Å². The summed E-state index contributed by atoms with van der Waals surface area (Å²) in [5.41, 5.74) is 3.89. The molecule has 3 nitrogen and oxygen atoms in total. The Bertz CT molecular complexity index is 606. The van der Waals surface area contributed by atoms with Crippen LogP contribution in [0.25, 0.3) is 0 Å². The van der Waals surface area contributed by atoms with Gasteiger partial charge in [-0.15, -0.1) is 0 Å². The molecule has 20 heavy (non-hydrogen) atoms. The second-order valence-electron chi connectivity index (χ2n) is 5.39. The lowest BCUT2D eigenvalue weighted by molar-refractivity contribution is 0.275. The predicted octanol–water partition coefficient (Wildman–Crippen LogP) is 4.11. The zero-order valence-corrected chi connectivity index (χ0v) is 12.5. The topological polar surface area (TPSA) is 42.4 Å². The summed E-state index contributed by atoms with van der Waals surface area (Å²) in [6, 6.07) is 8.08. The van der Waals surface area contributed by atoms with E-state index in [1.807, 2.05) is 26.0 Å². The number of nitrogens with zero attached hydrogens (tertiary/aromatic N) is 1. The number of hydrogen-bond donors (Lipinski definition) is 1. The molecule has 0 amide bonds. The summed E-state index contributed by atoms with van der Waals surface area (Å²) >= 11 is 0. The number of ether oxygens (including phenoxy) is 1. The van der Waals surface area contributed by atoms with Crippen LogP contribution in [0.1, 0.15) is 42.1 Å². The first kappa shape index (κ1) is 14.5. The molecule has 0 atom stereocenters. The van der Waals surface area contributed by atoms with Crippen molar-refractivity contribution in [2.24, 2.45) is 0 Å². The van der Waals surface area contributed by atoms with E-state index in [4.69, 9.17) is 4.74 Å². The van der Waals surface area contributed by atoms with E-state index in [1.165, 1.54) is 0 Å². The highest BCUT2D eigenvalue weighted by Crippen LogP contribution is 2.33. The van der Waals surface area contributed by atoms with Crippen LogP contribution in [-0.2, 0) is 6.61 Å². The first-order valence-electron chi connectivity index (χ1n) is 6.86. The van der Waals surface area contributed by atoms with Crippen molar-refractivity contribution in [3.05, 3.63) is 52.8 Å². The molecule has 0 aliphatic carbocycles. The lowest BCUT2D eigenvalue weighted by Gasteiger charge is -2.16. The van der Waals surface area contributed by atoms with E-state index in [1.54, 1.807) is 6.20 Å². The van der Waals surface area contributed by atoms with Crippen LogP contribution in [0.3, 0.4) is 0 Å². The second-order valence-corrected chi connectivity index (χ2v) is 5.39. The Morgan fingerprint density at radius 2 is 1.90 bits per heavy atom. The fourth-order valence-electron chi connectivity index (χ4n) is 2.10. The van der Waals surface area contributed by atoms with E-state index >= 15 is 0 Å². The number of aliphatic hydroxyl groups excluding tert-OH is 1. The van der Waals surface area contributed by atoms with Crippen LogP contribution in [0.2, 0.25) is 0 Å². The number of pyridine rings is 1. The zero-order valence-electron chi connectivity index (χ0n) is 12.5. The average Bonchev–Trinajstić information content (AvgIpc) is 2.38. The number of rotatable bonds is 4. The van der Waals surface area contributed by atoms with Gasteiger partial charge in [0.2, 0.25) is 0 Å². The lowest BCUT2D eigenvalue weighted by atomic mass is 10.0. The molecule has 1 aromatic heterocycles. The summed E-state index contributed by atoms with van der Waals surface area (Å²) in [5, 5.41) is 9.40. The summed E-state index contributed by atoms with van der Waals surface area (Å²) in [6.45, 7) is 8.16. The van der Waals surface area contributed by atoms with E-state index in [9.17, 15) is 5.11 Å². The van der Waals surface area contributed by atoms with Crippen LogP contribution in [-0.4, -0.2) is 10.1 Å². The zero-order chi connectivity index (χ0) is 14.7. The highest BCUT2D eigenvalue weighted by molar-refractivity contribution is 5.44. The molecule has 1 heterocycles. The molecule has 0 fully saturated rings. The van der Waals surface area contributed by atoms with Gasteiger partial charge in [0.05, 0.1) is 6.61 Å². The normalized spacial score (nSPS) is 10.9. The van der Waals surface area contributed by atoms with Gasteiger partial charge in [-0.2, -0.15) is 0 Å². The van der Waals surface area contributed by atoms with Crippen molar-refractivity contribution in [3.63, 3.8) is 0 Å². The molecule has 3 heteroatoms. The van der Waals surface area contributed by atoms with Crippen LogP contribution in [0.5, 0.6) is 11.5 Å². The van der Waals surface area contributed by atoms with Gasteiger partial charge in [-0.25, -0.2) is 0 Å². The number of aliphatic hydroxyl groups is 1. The average molecular weight is 271 g/mol. The van der Waals surface area contributed by atoms with Crippen molar-refractivity contribution in [3.8, 4) is 11.5 Å². The number of benzene rings is 1. The van der Waals surface area contributed by atoms with Gasteiger partial charge in [-0.1, -0.05) is 26.0 Å². The molecule has 0 saturated heterocycles. The van der Waals surface area contributed by atoms with Crippen molar-refractivity contribution in [1.29, 1.82) is 0 Å². The summed E-state index contributed by atoms with van der Waals surface area (Å²) in [6.07, 6.45) is 1.66. The Labute approximate surface area is 120 Å². The molecule has 2 rings (SSSR count). The third-order valence-corrected chi connectivity index (χ3v) is 3.26. The summed E-state index contributed by atoms with van der Waals surface area (Å²) in [5.74, 6) is 1.90. The van der Waals surface area contributed by atoms with Crippen molar-refractivity contribution >= 4 is 0 Å². The van der Waals surface area contributed by atoms with Crippen LogP contribution in [0.15, 0.2) is 30.5 Å². The van der Waals surface area contributed by atoms with E-state index < -0.39 is 0 Å². The fourth-order valence-corrected chi connectivity index (χ4v) is 2.10. The minimum Gasteiger partial charge on any atom is -0.457 e. The maximum absolute atomic E-state index is 9.40. The van der Waals surface area contributed by atoms with E-state index in [-0.39, 0.29) is 6.61 Å². The van der Waals surface area contributed by atoms with Crippen LogP contribution >= 0.6 is 0 Å². The minimum atomic E-state index is -0.0779. The Hall–Kier alpha value is -1.87. The van der Waals surface area contributed by atoms with Gasteiger partial charge < -0.3 is 9.84 Å². The molecule has 0 bridgehead atoms. The number of aromatic nitrogens is 1. The van der Waals surface area contributed by atoms with Crippen molar-refractivity contribution in [1.82, 2.24) is 4.98 Å².